The predicted molar refractivity (Wildman–Crippen MR) is 134 cm³/mol. The maximum Gasteiger partial charge on any atom is 0.242 e. The van der Waals surface area contributed by atoms with Crippen molar-refractivity contribution in [2.45, 2.75) is 49.8 Å². The van der Waals surface area contributed by atoms with Gasteiger partial charge in [0.15, 0.2) is 5.16 Å². The van der Waals surface area contributed by atoms with Crippen LogP contribution in [0, 0.1) is 6.92 Å². The molecule has 0 aliphatic heterocycles. The topological polar surface area (TPSA) is 75.5 Å². The minimum absolute atomic E-state index is 0.0190. The molecule has 7 nitrogen and oxygen atoms in total. The minimum Gasteiger partial charge on any atom is -0.341 e. The maximum absolute atomic E-state index is 12.8. The summed E-state index contributed by atoms with van der Waals surface area (Å²) in [7, 11) is 1.29. The second-order valence-electron chi connectivity index (χ2n) is 8.36. The van der Waals surface area contributed by atoms with Gasteiger partial charge >= 0.3 is 0 Å². The van der Waals surface area contributed by atoms with Gasteiger partial charge in [0.05, 0.1) is 21.7 Å². The van der Waals surface area contributed by atoms with Crippen LogP contribution < -0.4 is 0 Å². The van der Waals surface area contributed by atoms with Gasteiger partial charge in [-0.1, -0.05) is 54.9 Å². The van der Waals surface area contributed by atoms with E-state index in [-0.39, 0.29) is 16.6 Å². The van der Waals surface area contributed by atoms with Gasteiger partial charge in [0.1, 0.15) is 0 Å². The van der Waals surface area contributed by atoms with E-state index < -0.39 is 10.0 Å². The summed E-state index contributed by atoms with van der Waals surface area (Å²) >= 11 is 1.39. The van der Waals surface area contributed by atoms with Crippen molar-refractivity contribution in [3.05, 3.63) is 53.6 Å². The number of sulfonamides is 1. The van der Waals surface area contributed by atoms with Crippen LogP contribution in [0.15, 0.2) is 52.5 Å². The Bertz CT molecular complexity index is 1220. The highest BCUT2D eigenvalue weighted by atomic mass is 32.2. The van der Waals surface area contributed by atoms with E-state index in [0.29, 0.717) is 12.1 Å². The molecule has 0 saturated carbocycles. The number of nitrogens with zero attached hydrogens (tertiary/aromatic N) is 4. The Labute approximate surface area is 200 Å². The molecule has 3 aromatic rings. The number of rotatable bonds is 10. The summed E-state index contributed by atoms with van der Waals surface area (Å²) < 4.78 is 28.3. The molecule has 1 amide bonds. The van der Waals surface area contributed by atoms with Crippen LogP contribution in [0.25, 0.3) is 11.0 Å². The number of hydrogen-bond donors (Lipinski definition) is 0. The van der Waals surface area contributed by atoms with Gasteiger partial charge in [0, 0.05) is 34.2 Å². The van der Waals surface area contributed by atoms with E-state index in [4.69, 9.17) is 4.98 Å². The lowest BCUT2D eigenvalue weighted by Crippen LogP contribution is -2.27. The van der Waals surface area contributed by atoms with Gasteiger partial charge in [0.2, 0.25) is 15.9 Å². The van der Waals surface area contributed by atoms with Gasteiger partial charge in [-0.3, -0.25) is 4.79 Å². The van der Waals surface area contributed by atoms with Crippen LogP contribution in [-0.4, -0.2) is 60.0 Å². The fourth-order valence-corrected chi connectivity index (χ4v) is 5.30. The number of thioether (sulfide) groups is 1. The minimum atomic E-state index is -3.54. The first-order valence-corrected chi connectivity index (χ1v) is 13.4. The first-order chi connectivity index (χ1) is 15.6. The Morgan fingerprint density at radius 2 is 1.79 bits per heavy atom. The van der Waals surface area contributed by atoms with Crippen LogP contribution in [0.4, 0.5) is 0 Å². The first kappa shape index (κ1) is 25.3. The fourth-order valence-electron chi connectivity index (χ4n) is 3.39. The smallest absolute Gasteiger partial charge is 0.242 e. The van der Waals surface area contributed by atoms with E-state index >= 15 is 0 Å². The summed E-state index contributed by atoms with van der Waals surface area (Å²) in [5, 5.41) is 0.731. The predicted octanol–water partition coefficient (Wildman–Crippen LogP) is 4.15. The molecular formula is C24H32N4O3S2. The van der Waals surface area contributed by atoms with Gasteiger partial charge in [-0.2, -0.15) is 0 Å². The highest BCUT2D eigenvalue weighted by molar-refractivity contribution is 7.99. The number of aromatic nitrogens is 2. The number of unbranched alkanes of at least 4 members (excludes halogenated alkanes) is 1. The third kappa shape index (κ3) is 5.96. The van der Waals surface area contributed by atoms with Gasteiger partial charge in [0.25, 0.3) is 0 Å². The molecule has 178 valence electrons. The van der Waals surface area contributed by atoms with Gasteiger partial charge in [-0.05, 0) is 37.1 Å². The number of carbonyl (C=O) groups excluding carboxylic acids is 1. The Hall–Kier alpha value is -2.36. The monoisotopic (exact) mass is 488 g/mol. The number of amides is 1. The van der Waals surface area contributed by atoms with Crippen LogP contribution in [0.1, 0.15) is 30.9 Å². The molecule has 0 spiro atoms. The SMILES string of the molecule is CCCCn1c(SCC(=O)N(C)Cc2ccc(C)cc2)nc2cc(S(=O)(=O)N(C)C)ccc21. The zero-order chi connectivity index (χ0) is 24.2. The van der Waals surface area contributed by atoms with E-state index in [1.807, 2.05) is 37.3 Å². The molecule has 0 fully saturated rings. The summed E-state index contributed by atoms with van der Waals surface area (Å²) in [5.41, 5.74) is 3.78. The van der Waals surface area contributed by atoms with Crippen LogP contribution in [-0.2, 0) is 27.9 Å². The van der Waals surface area contributed by atoms with E-state index in [1.54, 1.807) is 24.1 Å². The summed E-state index contributed by atoms with van der Waals surface area (Å²) in [6.07, 6.45) is 1.99. The number of fused-ring (bicyclic) bond motifs is 1. The van der Waals surface area contributed by atoms with Crippen molar-refractivity contribution >= 4 is 38.7 Å². The highest BCUT2D eigenvalue weighted by Gasteiger charge is 2.20. The third-order valence-corrected chi connectivity index (χ3v) is 8.26. The zero-order valence-electron chi connectivity index (χ0n) is 19.9. The Kier molecular flexibility index (Phi) is 8.20. The average molecular weight is 489 g/mol. The molecule has 0 aliphatic rings. The van der Waals surface area contributed by atoms with Gasteiger partial charge in [-0.25, -0.2) is 17.7 Å². The van der Waals surface area contributed by atoms with Crippen LogP contribution in [0.5, 0.6) is 0 Å². The van der Waals surface area contributed by atoms with Gasteiger partial charge < -0.3 is 9.47 Å². The highest BCUT2D eigenvalue weighted by Crippen LogP contribution is 2.27. The Morgan fingerprint density at radius 3 is 2.42 bits per heavy atom. The van der Waals surface area contributed by atoms with Crippen molar-refractivity contribution in [2.75, 3.05) is 26.9 Å². The largest absolute Gasteiger partial charge is 0.341 e. The summed E-state index contributed by atoms with van der Waals surface area (Å²) in [4.78, 5) is 19.4. The van der Waals surface area contributed by atoms with Crippen molar-refractivity contribution < 1.29 is 13.2 Å². The average Bonchev–Trinajstić information content (AvgIpc) is 3.13. The van der Waals surface area contributed by atoms with Gasteiger partial charge in [-0.15, -0.1) is 0 Å². The van der Waals surface area contributed by atoms with Crippen LogP contribution in [0.3, 0.4) is 0 Å². The summed E-state index contributed by atoms with van der Waals surface area (Å²) in [6.45, 7) is 5.48. The number of aryl methyl sites for hydroxylation is 2. The lowest BCUT2D eigenvalue weighted by Gasteiger charge is -2.17. The Balaban J connectivity index is 1.80. The number of hydrogen-bond acceptors (Lipinski definition) is 5. The lowest BCUT2D eigenvalue weighted by atomic mass is 10.1. The molecule has 0 radical (unpaired) electrons. The van der Waals surface area contributed by atoms with Crippen molar-refractivity contribution in [1.82, 2.24) is 18.8 Å². The zero-order valence-corrected chi connectivity index (χ0v) is 21.5. The number of imidazole rings is 1. The van der Waals surface area contributed by atoms with E-state index in [2.05, 4.69) is 11.5 Å². The molecule has 0 atom stereocenters. The molecule has 0 bridgehead atoms. The van der Waals surface area contributed by atoms with Crippen LogP contribution >= 0.6 is 11.8 Å². The van der Waals surface area contributed by atoms with E-state index in [9.17, 15) is 13.2 Å². The molecule has 1 heterocycles. The third-order valence-electron chi connectivity index (χ3n) is 5.49. The molecule has 0 aliphatic carbocycles. The second-order valence-corrected chi connectivity index (χ2v) is 11.5. The molecule has 0 saturated heterocycles. The fraction of sp³-hybridized carbons (Fsp3) is 0.417. The molecule has 0 N–H and O–H groups in total. The lowest BCUT2D eigenvalue weighted by molar-refractivity contribution is -0.127. The van der Waals surface area contributed by atoms with Crippen LogP contribution in [0.2, 0.25) is 0 Å². The second kappa shape index (κ2) is 10.7. The van der Waals surface area contributed by atoms with Crippen molar-refractivity contribution in [3.63, 3.8) is 0 Å². The quantitative estimate of drug-likeness (QED) is 0.401. The standard InChI is InChI=1S/C24H32N4O3S2/c1-6-7-14-28-22-13-12-20(33(30,31)26(3)4)15-21(22)25-24(28)32-17-23(29)27(5)16-19-10-8-18(2)9-11-19/h8-13,15H,6-7,14,16-17H2,1-5H3. The molecule has 1 aromatic heterocycles. The summed E-state index contributed by atoms with van der Waals surface area (Å²) in [6, 6.07) is 13.2. The Morgan fingerprint density at radius 1 is 1.09 bits per heavy atom. The molecule has 9 heteroatoms. The number of benzene rings is 2. The normalized spacial score (nSPS) is 11.9. The van der Waals surface area contributed by atoms with Crippen molar-refractivity contribution in [2.24, 2.45) is 0 Å². The molecular weight excluding hydrogens is 456 g/mol. The maximum atomic E-state index is 12.8. The van der Waals surface area contributed by atoms with Crippen molar-refractivity contribution in [3.8, 4) is 0 Å². The molecule has 0 unspecified atom stereocenters. The van der Waals surface area contributed by atoms with E-state index in [0.717, 1.165) is 35.6 Å². The van der Waals surface area contributed by atoms with Crippen molar-refractivity contribution in [1.29, 1.82) is 0 Å². The molecule has 2 aromatic carbocycles. The molecule has 3 rings (SSSR count). The first-order valence-electron chi connectivity index (χ1n) is 11.0. The van der Waals surface area contributed by atoms with E-state index in [1.165, 1.54) is 35.7 Å². The number of carbonyl (C=O) groups is 1. The molecule has 33 heavy (non-hydrogen) atoms. The summed E-state index contributed by atoms with van der Waals surface area (Å²) in [5.74, 6) is 0.284.